The SMILES string of the molecule is N#Cc1ccccc1NC(=O)CCCOCC(F)(F)F. The number of para-hydroxylation sites is 1. The largest absolute Gasteiger partial charge is 0.411 e. The first-order chi connectivity index (χ1) is 9.42. The van der Waals surface area contributed by atoms with Gasteiger partial charge in [-0.25, -0.2) is 0 Å². The number of ether oxygens (including phenoxy) is 1. The second kappa shape index (κ2) is 7.50. The maximum Gasteiger partial charge on any atom is 0.411 e. The first-order valence-electron chi connectivity index (χ1n) is 5.86. The average Bonchev–Trinajstić information content (AvgIpc) is 2.37. The van der Waals surface area contributed by atoms with Crippen molar-refractivity contribution in [3.63, 3.8) is 0 Å². The van der Waals surface area contributed by atoms with Gasteiger partial charge in [0.1, 0.15) is 12.7 Å². The lowest BCUT2D eigenvalue weighted by Crippen LogP contribution is -2.18. The minimum atomic E-state index is -4.35. The van der Waals surface area contributed by atoms with Crippen molar-refractivity contribution in [1.82, 2.24) is 0 Å². The average molecular weight is 286 g/mol. The third-order valence-electron chi connectivity index (χ3n) is 2.28. The van der Waals surface area contributed by atoms with E-state index in [0.29, 0.717) is 11.3 Å². The Bertz CT molecular complexity index is 495. The summed E-state index contributed by atoms with van der Waals surface area (Å²) in [6, 6.07) is 8.40. The van der Waals surface area contributed by atoms with Crippen molar-refractivity contribution in [3.8, 4) is 6.07 Å². The van der Waals surface area contributed by atoms with E-state index >= 15 is 0 Å². The molecule has 1 rings (SSSR count). The van der Waals surface area contributed by atoms with Crippen LogP contribution in [-0.4, -0.2) is 25.3 Å². The molecule has 1 amide bonds. The van der Waals surface area contributed by atoms with Gasteiger partial charge in [0.25, 0.3) is 0 Å². The van der Waals surface area contributed by atoms with Crippen LogP contribution >= 0.6 is 0 Å². The maximum absolute atomic E-state index is 11.8. The topological polar surface area (TPSA) is 62.1 Å². The van der Waals surface area contributed by atoms with Crippen LogP contribution < -0.4 is 5.32 Å². The van der Waals surface area contributed by atoms with Crippen LogP contribution in [0.5, 0.6) is 0 Å². The van der Waals surface area contributed by atoms with E-state index in [-0.39, 0.29) is 25.4 Å². The molecule has 20 heavy (non-hydrogen) atoms. The normalized spacial score (nSPS) is 10.9. The number of halogens is 3. The van der Waals surface area contributed by atoms with E-state index in [1.165, 1.54) is 0 Å². The molecule has 0 aromatic heterocycles. The van der Waals surface area contributed by atoms with Crippen molar-refractivity contribution >= 4 is 11.6 Å². The van der Waals surface area contributed by atoms with E-state index in [2.05, 4.69) is 10.1 Å². The van der Waals surface area contributed by atoms with E-state index in [0.717, 1.165) is 0 Å². The summed E-state index contributed by atoms with van der Waals surface area (Å²) in [5.41, 5.74) is 0.713. The fourth-order valence-electron chi connectivity index (χ4n) is 1.43. The summed E-state index contributed by atoms with van der Waals surface area (Å²) >= 11 is 0. The van der Waals surface area contributed by atoms with Crippen LogP contribution in [0.25, 0.3) is 0 Å². The number of carbonyl (C=O) groups excluding carboxylic acids is 1. The molecule has 0 aliphatic heterocycles. The predicted molar refractivity (Wildman–Crippen MR) is 65.9 cm³/mol. The molecule has 0 spiro atoms. The molecule has 108 valence electrons. The Morgan fingerprint density at radius 1 is 1.35 bits per heavy atom. The fraction of sp³-hybridized carbons (Fsp3) is 0.385. The lowest BCUT2D eigenvalue weighted by Gasteiger charge is -2.08. The van der Waals surface area contributed by atoms with E-state index in [1.807, 2.05) is 6.07 Å². The zero-order chi connectivity index (χ0) is 15.0. The zero-order valence-electron chi connectivity index (χ0n) is 10.5. The molecule has 0 aliphatic rings. The smallest absolute Gasteiger partial charge is 0.372 e. The Kier molecular flexibility index (Phi) is 6.00. The van der Waals surface area contributed by atoms with Crippen LogP contribution in [0, 0.1) is 11.3 Å². The van der Waals surface area contributed by atoms with Gasteiger partial charge in [-0.2, -0.15) is 18.4 Å². The highest BCUT2D eigenvalue weighted by Crippen LogP contribution is 2.15. The van der Waals surface area contributed by atoms with Crippen molar-refractivity contribution in [2.24, 2.45) is 0 Å². The molecule has 7 heteroatoms. The summed E-state index contributed by atoms with van der Waals surface area (Å²) < 4.78 is 39.7. The van der Waals surface area contributed by atoms with Gasteiger partial charge in [-0.3, -0.25) is 4.79 Å². The molecule has 0 atom stereocenters. The molecule has 1 aromatic carbocycles. The highest BCUT2D eigenvalue weighted by Gasteiger charge is 2.27. The molecule has 0 unspecified atom stereocenters. The van der Waals surface area contributed by atoms with Crippen molar-refractivity contribution in [3.05, 3.63) is 29.8 Å². The Hall–Kier alpha value is -2.07. The zero-order valence-corrected chi connectivity index (χ0v) is 10.5. The number of rotatable bonds is 6. The number of nitrogens with zero attached hydrogens (tertiary/aromatic N) is 1. The Morgan fingerprint density at radius 2 is 2.05 bits per heavy atom. The Morgan fingerprint density at radius 3 is 2.70 bits per heavy atom. The van der Waals surface area contributed by atoms with E-state index in [1.54, 1.807) is 24.3 Å². The summed E-state index contributed by atoms with van der Waals surface area (Å²) in [5, 5.41) is 11.4. The minimum absolute atomic E-state index is 0.0254. The van der Waals surface area contributed by atoms with Gasteiger partial charge >= 0.3 is 6.18 Å². The third kappa shape index (κ3) is 6.20. The molecule has 0 aliphatic carbocycles. The highest BCUT2D eigenvalue weighted by atomic mass is 19.4. The molecule has 0 radical (unpaired) electrons. The molecule has 0 heterocycles. The van der Waals surface area contributed by atoms with Crippen LogP contribution in [-0.2, 0) is 9.53 Å². The highest BCUT2D eigenvalue weighted by molar-refractivity contribution is 5.92. The van der Waals surface area contributed by atoms with Crippen LogP contribution in [0.15, 0.2) is 24.3 Å². The molecule has 1 aromatic rings. The van der Waals surface area contributed by atoms with Gasteiger partial charge in [0.2, 0.25) is 5.91 Å². The second-order valence-corrected chi connectivity index (χ2v) is 3.98. The Labute approximate surface area is 114 Å². The van der Waals surface area contributed by atoms with Gasteiger partial charge < -0.3 is 10.1 Å². The quantitative estimate of drug-likeness (QED) is 0.818. The maximum atomic E-state index is 11.8. The second-order valence-electron chi connectivity index (χ2n) is 3.98. The molecule has 0 bridgehead atoms. The van der Waals surface area contributed by atoms with Gasteiger partial charge in [-0.15, -0.1) is 0 Å². The van der Waals surface area contributed by atoms with Crippen LogP contribution in [0.2, 0.25) is 0 Å². The molecule has 0 saturated carbocycles. The number of nitrogens with one attached hydrogen (secondary N) is 1. The summed E-state index contributed by atoms with van der Waals surface area (Å²) in [7, 11) is 0. The van der Waals surface area contributed by atoms with Crippen molar-refractivity contribution in [1.29, 1.82) is 5.26 Å². The first kappa shape index (κ1) is 16.0. The van der Waals surface area contributed by atoms with E-state index in [4.69, 9.17) is 5.26 Å². The summed E-state index contributed by atoms with van der Waals surface area (Å²) in [4.78, 5) is 11.5. The van der Waals surface area contributed by atoms with Crippen LogP contribution in [0.1, 0.15) is 18.4 Å². The van der Waals surface area contributed by atoms with Crippen molar-refractivity contribution < 1.29 is 22.7 Å². The van der Waals surface area contributed by atoms with Gasteiger partial charge in [0.15, 0.2) is 0 Å². The lowest BCUT2D eigenvalue weighted by atomic mass is 10.2. The number of carbonyl (C=O) groups is 1. The van der Waals surface area contributed by atoms with Crippen molar-refractivity contribution in [2.45, 2.75) is 19.0 Å². The summed E-state index contributed by atoms with van der Waals surface area (Å²) in [6.07, 6.45) is -4.15. The molecular weight excluding hydrogens is 273 g/mol. The molecule has 0 saturated heterocycles. The van der Waals surface area contributed by atoms with Crippen molar-refractivity contribution in [2.75, 3.05) is 18.5 Å². The standard InChI is InChI=1S/C13H13F3N2O2/c14-13(15,16)9-20-7-3-6-12(19)18-11-5-2-1-4-10(11)8-17/h1-2,4-5H,3,6-7,9H2,(H,18,19). The van der Waals surface area contributed by atoms with E-state index < -0.39 is 12.8 Å². The van der Waals surface area contributed by atoms with Crippen LogP contribution in [0.4, 0.5) is 18.9 Å². The first-order valence-corrected chi connectivity index (χ1v) is 5.86. The molecule has 1 N–H and O–H groups in total. The summed E-state index contributed by atoms with van der Waals surface area (Å²) in [6.45, 7) is -1.46. The summed E-state index contributed by atoms with van der Waals surface area (Å²) in [5.74, 6) is -0.372. The monoisotopic (exact) mass is 286 g/mol. The molecule has 0 fully saturated rings. The number of hydrogen-bond acceptors (Lipinski definition) is 3. The number of alkyl halides is 3. The number of amides is 1. The van der Waals surface area contributed by atoms with Gasteiger partial charge in [0, 0.05) is 13.0 Å². The number of hydrogen-bond donors (Lipinski definition) is 1. The molecule has 4 nitrogen and oxygen atoms in total. The number of nitriles is 1. The van der Waals surface area contributed by atoms with Gasteiger partial charge in [-0.05, 0) is 18.6 Å². The lowest BCUT2D eigenvalue weighted by molar-refractivity contribution is -0.174. The van der Waals surface area contributed by atoms with Crippen LogP contribution in [0.3, 0.4) is 0 Å². The fourth-order valence-corrected chi connectivity index (χ4v) is 1.43. The Balaban J connectivity index is 2.29. The number of anilines is 1. The minimum Gasteiger partial charge on any atom is -0.372 e. The third-order valence-corrected chi connectivity index (χ3v) is 2.28. The van der Waals surface area contributed by atoms with E-state index in [9.17, 15) is 18.0 Å². The van der Waals surface area contributed by atoms with Gasteiger partial charge in [0.05, 0.1) is 11.3 Å². The van der Waals surface area contributed by atoms with Gasteiger partial charge in [-0.1, -0.05) is 12.1 Å². The predicted octanol–water partition coefficient (Wildman–Crippen LogP) is 2.86. The number of benzene rings is 1. The molecular formula is C13H13F3N2O2.